The minimum atomic E-state index is -0.354. The van der Waals surface area contributed by atoms with E-state index in [1.165, 1.54) is 7.11 Å². The highest BCUT2D eigenvalue weighted by atomic mass is 16.5. The number of methoxy groups -OCH3 is 1. The molecule has 0 N–H and O–H groups in total. The zero-order valence-electron chi connectivity index (χ0n) is 11.2. The maximum atomic E-state index is 11.3. The van der Waals surface area contributed by atoms with Gasteiger partial charge < -0.3 is 4.74 Å². The monoisotopic (exact) mass is 243 g/mol. The molecule has 0 aliphatic heterocycles. The van der Waals surface area contributed by atoms with Crippen LogP contribution in [0.15, 0.2) is 29.8 Å². The molecular formula is C15H17NO2. The van der Waals surface area contributed by atoms with Gasteiger partial charge in [-0.3, -0.25) is 0 Å². The molecule has 3 heteroatoms. The Morgan fingerprint density at radius 1 is 1.22 bits per heavy atom. The number of hydrogen-bond acceptors (Lipinski definition) is 3. The number of nitriles is 1. The third-order valence-electron chi connectivity index (χ3n) is 2.84. The molecule has 0 unspecified atom stereocenters. The minimum Gasteiger partial charge on any atom is -0.465 e. The molecule has 0 amide bonds. The molecule has 0 aliphatic rings. The van der Waals surface area contributed by atoms with Crippen molar-refractivity contribution in [2.75, 3.05) is 7.11 Å². The third kappa shape index (κ3) is 2.98. The largest absolute Gasteiger partial charge is 0.465 e. The summed E-state index contributed by atoms with van der Waals surface area (Å²) in [5.74, 6) is -0.164. The second kappa shape index (κ2) is 6.02. The van der Waals surface area contributed by atoms with Gasteiger partial charge in [-0.05, 0) is 36.1 Å². The van der Waals surface area contributed by atoms with E-state index in [9.17, 15) is 4.79 Å². The lowest BCUT2D eigenvalue weighted by atomic mass is 9.94. The van der Waals surface area contributed by atoms with Crippen LogP contribution in [0.3, 0.4) is 0 Å². The van der Waals surface area contributed by atoms with Gasteiger partial charge in [-0.15, -0.1) is 0 Å². The summed E-state index contributed by atoms with van der Waals surface area (Å²) < 4.78 is 4.64. The maximum Gasteiger partial charge on any atom is 0.337 e. The number of ether oxygens (including phenoxy) is 1. The lowest BCUT2D eigenvalue weighted by Gasteiger charge is -2.09. The van der Waals surface area contributed by atoms with Crippen LogP contribution in [0.2, 0.25) is 0 Å². The van der Waals surface area contributed by atoms with Crippen molar-refractivity contribution in [2.24, 2.45) is 5.92 Å². The van der Waals surface area contributed by atoms with E-state index in [1.54, 1.807) is 12.1 Å². The fourth-order valence-electron chi connectivity index (χ4n) is 1.78. The Labute approximate surface area is 108 Å². The SMILES string of the molecule is COC(=O)c1ccc(/C(C)=C(\C#N)C(C)C)cc1. The van der Waals surface area contributed by atoms with Gasteiger partial charge in [0.15, 0.2) is 0 Å². The van der Waals surface area contributed by atoms with Gasteiger partial charge in [0.05, 0.1) is 18.7 Å². The molecule has 0 fully saturated rings. The fourth-order valence-corrected chi connectivity index (χ4v) is 1.78. The summed E-state index contributed by atoms with van der Waals surface area (Å²) in [4.78, 5) is 11.3. The molecule has 0 bridgehead atoms. The highest BCUT2D eigenvalue weighted by molar-refractivity contribution is 5.89. The minimum absolute atomic E-state index is 0.190. The van der Waals surface area contributed by atoms with E-state index in [2.05, 4.69) is 10.8 Å². The van der Waals surface area contributed by atoms with Gasteiger partial charge in [0.25, 0.3) is 0 Å². The summed E-state index contributed by atoms with van der Waals surface area (Å²) in [6, 6.07) is 9.32. The van der Waals surface area contributed by atoms with Crippen LogP contribution < -0.4 is 0 Å². The van der Waals surface area contributed by atoms with Gasteiger partial charge in [0.1, 0.15) is 0 Å². The Kier molecular flexibility index (Phi) is 4.67. The van der Waals surface area contributed by atoms with Crippen molar-refractivity contribution in [1.82, 2.24) is 0 Å². The Morgan fingerprint density at radius 3 is 2.11 bits per heavy atom. The summed E-state index contributed by atoms with van der Waals surface area (Å²) in [6.07, 6.45) is 0. The van der Waals surface area contributed by atoms with Gasteiger partial charge in [0, 0.05) is 5.57 Å². The number of rotatable bonds is 3. The molecule has 0 atom stereocenters. The average Bonchev–Trinajstić information content (AvgIpc) is 2.38. The molecule has 3 nitrogen and oxygen atoms in total. The van der Waals surface area contributed by atoms with Gasteiger partial charge in [0.2, 0.25) is 0 Å². The molecule has 0 radical (unpaired) electrons. The summed E-state index contributed by atoms with van der Waals surface area (Å²) in [5.41, 5.74) is 3.18. The Bertz CT molecular complexity index is 504. The van der Waals surface area contributed by atoms with Crippen LogP contribution in [-0.4, -0.2) is 13.1 Å². The Morgan fingerprint density at radius 2 is 1.72 bits per heavy atom. The van der Waals surface area contributed by atoms with E-state index in [4.69, 9.17) is 5.26 Å². The highest BCUT2D eigenvalue weighted by Crippen LogP contribution is 2.23. The van der Waals surface area contributed by atoms with Crippen molar-refractivity contribution in [1.29, 1.82) is 5.26 Å². The van der Waals surface area contributed by atoms with Gasteiger partial charge in [-0.2, -0.15) is 5.26 Å². The van der Waals surface area contributed by atoms with Gasteiger partial charge in [-0.1, -0.05) is 26.0 Å². The van der Waals surface area contributed by atoms with E-state index < -0.39 is 0 Å². The first-order chi connectivity index (χ1) is 8.51. The van der Waals surface area contributed by atoms with Crippen LogP contribution in [0.25, 0.3) is 5.57 Å². The zero-order chi connectivity index (χ0) is 13.7. The van der Waals surface area contributed by atoms with Crippen molar-refractivity contribution in [3.63, 3.8) is 0 Å². The Balaban J connectivity index is 3.13. The van der Waals surface area contributed by atoms with Crippen molar-refractivity contribution in [3.05, 3.63) is 41.0 Å². The van der Waals surface area contributed by atoms with Crippen molar-refractivity contribution in [2.45, 2.75) is 20.8 Å². The first kappa shape index (κ1) is 14.0. The van der Waals surface area contributed by atoms with E-state index in [0.29, 0.717) is 5.56 Å². The lowest BCUT2D eigenvalue weighted by Crippen LogP contribution is -2.01. The normalized spacial score (nSPS) is 11.8. The molecule has 0 aliphatic carbocycles. The van der Waals surface area contributed by atoms with Crippen molar-refractivity contribution in [3.8, 4) is 6.07 Å². The average molecular weight is 243 g/mol. The smallest absolute Gasteiger partial charge is 0.337 e. The first-order valence-corrected chi connectivity index (χ1v) is 5.80. The molecule has 0 spiro atoms. The molecule has 0 aromatic heterocycles. The van der Waals surface area contributed by atoms with E-state index in [-0.39, 0.29) is 11.9 Å². The second-order valence-corrected chi connectivity index (χ2v) is 4.37. The fraction of sp³-hybridized carbons (Fsp3) is 0.333. The van der Waals surface area contributed by atoms with Crippen LogP contribution in [0.1, 0.15) is 36.7 Å². The molecule has 1 aromatic carbocycles. The Hall–Kier alpha value is -2.08. The second-order valence-electron chi connectivity index (χ2n) is 4.37. The molecule has 1 rings (SSSR count). The van der Waals surface area contributed by atoms with Crippen LogP contribution in [0.5, 0.6) is 0 Å². The summed E-state index contributed by atoms with van der Waals surface area (Å²) >= 11 is 0. The molecule has 1 aromatic rings. The molecular weight excluding hydrogens is 226 g/mol. The number of esters is 1. The summed E-state index contributed by atoms with van der Waals surface area (Å²) in [6.45, 7) is 5.90. The predicted molar refractivity (Wildman–Crippen MR) is 70.8 cm³/mol. The molecule has 0 heterocycles. The highest BCUT2D eigenvalue weighted by Gasteiger charge is 2.10. The number of allylic oxidation sites excluding steroid dienone is 2. The van der Waals surface area contributed by atoms with E-state index in [0.717, 1.165) is 16.7 Å². The molecule has 18 heavy (non-hydrogen) atoms. The molecule has 0 saturated heterocycles. The van der Waals surface area contributed by atoms with Gasteiger partial charge in [-0.25, -0.2) is 4.79 Å². The lowest BCUT2D eigenvalue weighted by molar-refractivity contribution is 0.0600. The third-order valence-corrected chi connectivity index (χ3v) is 2.84. The molecule has 94 valence electrons. The number of carbonyl (C=O) groups excluding carboxylic acids is 1. The van der Waals surface area contributed by atoms with Crippen molar-refractivity contribution >= 4 is 11.5 Å². The molecule has 0 saturated carbocycles. The van der Waals surface area contributed by atoms with E-state index >= 15 is 0 Å². The summed E-state index contributed by atoms with van der Waals surface area (Å²) in [5, 5.41) is 9.13. The number of benzene rings is 1. The maximum absolute atomic E-state index is 11.3. The quantitative estimate of drug-likeness (QED) is 0.603. The predicted octanol–water partition coefficient (Wildman–Crippen LogP) is 3.43. The zero-order valence-corrected chi connectivity index (χ0v) is 11.2. The van der Waals surface area contributed by atoms with Crippen LogP contribution in [0.4, 0.5) is 0 Å². The number of nitrogens with zero attached hydrogens (tertiary/aromatic N) is 1. The standard InChI is InChI=1S/C15H17NO2/c1-10(2)14(9-16)11(3)12-5-7-13(8-6-12)15(17)18-4/h5-8,10H,1-4H3/b14-11+. The topological polar surface area (TPSA) is 50.1 Å². The van der Waals surface area contributed by atoms with E-state index in [1.807, 2.05) is 32.9 Å². The van der Waals surface area contributed by atoms with Crippen molar-refractivity contribution < 1.29 is 9.53 Å². The van der Waals surface area contributed by atoms with Crippen LogP contribution in [-0.2, 0) is 4.74 Å². The summed E-state index contributed by atoms with van der Waals surface area (Å²) in [7, 11) is 1.36. The van der Waals surface area contributed by atoms with Crippen LogP contribution >= 0.6 is 0 Å². The number of hydrogen-bond donors (Lipinski definition) is 0. The van der Waals surface area contributed by atoms with Gasteiger partial charge >= 0.3 is 5.97 Å². The first-order valence-electron chi connectivity index (χ1n) is 5.80. The van der Waals surface area contributed by atoms with Crippen LogP contribution in [0, 0.1) is 17.2 Å². The number of carbonyl (C=O) groups is 1.